The van der Waals surface area contributed by atoms with Crippen molar-refractivity contribution in [3.63, 3.8) is 0 Å². The number of hydrogen-bond acceptors (Lipinski definition) is 5. The van der Waals surface area contributed by atoms with Gasteiger partial charge >= 0.3 is 5.97 Å². The predicted octanol–water partition coefficient (Wildman–Crippen LogP) is 6.56. The first-order valence-electron chi connectivity index (χ1n) is 10.9. The summed E-state index contributed by atoms with van der Waals surface area (Å²) in [6, 6.07) is 27.8. The molecule has 0 fully saturated rings. The zero-order valence-electron chi connectivity index (χ0n) is 18.9. The Bertz CT molecular complexity index is 1370. The van der Waals surface area contributed by atoms with E-state index in [1.54, 1.807) is 54.6 Å². The summed E-state index contributed by atoms with van der Waals surface area (Å²) in [7, 11) is 0. The highest BCUT2D eigenvalue weighted by Gasteiger charge is 2.13. The largest absolute Gasteiger partial charge is 0.489 e. The van der Waals surface area contributed by atoms with E-state index >= 15 is 0 Å². The summed E-state index contributed by atoms with van der Waals surface area (Å²) in [5, 5.41) is 4.62. The molecule has 0 aliphatic carbocycles. The van der Waals surface area contributed by atoms with Crippen LogP contribution in [0.1, 0.15) is 31.8 Å². The molecular formula is C28H20Cl2N2O4. The maximum Gasteiger partial charge on any atom is 0.345 e. The summed E-state index contributed by atoms with van der Waals surface area (Å²) in [5.41, 5.74) is 4.90. The summed E-state index contributed by atoms with van der Waals surface area (Å²) >= 11 is 11.9. The lowest BCUT2D eigenvalue weighted by Gasteiger charge is -2.07. The van der Waals surface area contributed by atoms with Gasteiger partial charge in [-0.25, -0.2) is 10.2 Å². The zero-order chi connectivity index (χ0) is 25.3. The molecule has 4 aromatic rings. The van der Waals surface area contributed by atoms with Gasteiger partial charge in [-0.15, -0.1) is 0 Å². The fourth-order valence-electron chi connectivity index (χ4n) is 3.11. The molecule has 0 heterocycles. The van der Waals surface area contributed by atoms with Gasteiger partial charge in [0, 0.05) is 10.6 Å². The third kappa shape index (κ3) is 6.95. The summed E-state index contributed by atoms with van der Waals surface area (Å²) in [6.07, 6.45) is 1.48. The summed E-state index contributed by atoms with van der Waals surface area (Å²) in [5.74, 6) is 0.0490. The molecule has 6 nitrogen and oxygen atoms in total. The topological polar surface area (TPSA) is 77.0 Å². The van der Waals surface area contributed by atoms with Crippen LogP contribution in [0.4, 0.5) is 0 Å². The van der Waals surface area contributed by atoms with Gasteiger partial charge in [-0.1, -0.05) is 53.5 Å². The fraction of sp³-hybridized carbons (Fsp3) is 0.0357. The molecule has 4 rings (SSSR count). The maximum absolute atomic E-state index is 12.3. The molecule has 36 heavy (non-hydrogen) atoms. The van der Waals surface area contributed by atoms with Gasteiger partial charge in [-0.3, -0.25) is 4.79 Å². The van der Waals surface area contributed by atoms with Crippen LogP contribution in [0.25, 0.3) is 0 Å². The van der Waals surface area contributed by atoms with Gasteiger partial charge in [0.2, 0.25) is 0 Å². The first kappa shape index (κ1) is 25.0. The van der Waals surface area contributed by atoms with Gasteiger partial charge in [0.25, 0.3) is 5.91 Å². The lowest BCUT2D eigenvalue weighted by Crippen LogP contribution is -2.17. The molecule has 0 radical (unpaired) electrons. The monoisotopic (exact) mass is 518 g/mol. The minimum absolute atomic E-state index is 0.210. The van der Waals surface area contributed by atoms with Crippen molar-refractivity contribution in [1.29, 1.82) is 0 Å². The van der Waals surface area contributed by atoms with E-state index in [0.29, 0.717) is 34.3 Å². The summed E-state index contributed by atoms with van der Waals surface area (Å²) in [4.78, 5) is 24.6. The average Bonchev–Trinajstić information content (AvgIpc) is 2.89. The Hall–Kier alpha value is -4.13. The number of nitrogens with one attached hydrogen (secondary N) is 1. The Kier molecular flexibility index (Phi) is 8.34. The van der Waals surface area contributed by atoms with Crippen LogP contribution in [-0.2, 0) is 6.61 Å². The first-order valence-corrected chi connectivity index (χ1v) is 11.6. The van der Waals surface area contributed by atoms with E-state index in [9.17, 15) is 9.59 Å². The number of benzene rings is 4. The van der Waals surface area contributed by atoms with Crippen molar-refractivity contribution < 1.29 is 19.1 Å². The Balaban J connectivity index is 1.27. The van der Waals surface area contributed by atoms with Gasteiger partial charge in [-0.2, -0.15) is 5.10 Å². The number of esters is 1. The number of rotatable bonds is 8. The Morgan fingerprint density at radius 1 is 0.833 bits per heavy atom. The third-order valence-corrected chi connectivity index (χ3v) is 5.53. The quantitative estimate of drug-likeness (QED) is 0.124. The van der Waals surface area contributed by atoms with E-state index in [1.165, 1.54) is 18.3 Å². The summed E-state index contributed by atoms with van der Waals surface area (Å²) < 4.78 is 11.1. The van der Waals surface area contributed by atoms with E-state index in [0.717, 1.165) is 5.56 Å². The first-order chi connectivity index (χ1) is 17.5. The molecule has 4 aromatic carbocycles. The van der Waals surface area contributed by atoms with E-state index in [2.05, 4.69) is 10.5 Å². The molecule has 0 saturated heterocycles. The molecule has 0 bridgehead atoms. The van der Waals surface area contributed by atoms with Gasteiger partial charge < -0.3 is 9.47 Å². The minimum Gasteiger partial charge on any atom is -0.489 e. The van der Waals surface area contributed by atoms with Crippen molar-refractivity contribution >= 4 is 41.3 Å². The van der Waals surface area contributed by atoms with Crippen molar-refractivity contribution in [3.05, 3.63) is 129 Å². The molecule has 180 valence electrons. The summed E-state index contributed by atoms with van der Waals surface area (Å²) in [6.45, 7) is 0.448. The highest BCUT2D eigenvalue weighted by atomic mass is 35.5. The van der Waals surface area contributed by atoms with Gasteiger partial charge in [0.1, 0.15) is 18.1 Å². The van der Waals surface area contributed by atoms with Crippen molar-refractivity contribution in [1.82, 2.24) is 5.43 Å². The molecule has 0 aliphatic rings. The molecule has 0 atom stereocenters. The highest BCUT2D eigenvalue weighted by molar-refractivity contribution is 6.36. The van der Waals surface area contributed by atoms with E-state index in [1.807, 2.05) is 30.3 Å². The third-order valence-electron chi connectivity index (χ3n) is 4.99. The number of carbonyl (C=O) groups excluding carboxylic acids is 2. The van der Waals surface area contributed by atoms with E-state index in [-0.39, 0.29) is 16.5 Å². The molecule has 0 unspecified atom stereocenters. The molecule has 0 saturated carbocycles. The van der Waals surface area contributed by atoms with Crippen LogP contribution in [0.2, 0.25) is 10.0 Å². The standard InChI is InChI=1S/C28H20Cl2N2O4/c29-22-10-15-25(26(30)16-22)28(34)36-24-11-6-19(7-12-24)17-31-32-27(33)21-8-13-23(14-9-21)35-18-20-4-2-1-3-5-20/h1-17H,18H2,(H,32,33)/b31-17+. The molecule has 8 heteroatoms. The van der Waals surface area contributed by atoms with Crippen molar-refractivity contribution in [2.75, 3.05) is 0 Å². The van der Waals surface area contributed by atoms with Crippen molar-refractivity contribution in [3.8, 4) is 11.5 Å². The second kappa shape index (κ2) is 12.0. The SMILES string of the molecule is O=C(N/N=C/c1ccc(OC(=O)c2ccc(Cl)cc2Cl)cc1)c1ccc(OCc2ccccc2)cc1. The number of carbonyl (C=O) groups is 2. The number of hydrazone groups is 1. The lowest BCUT2D eigenvalue weighted by molar-refractivity contribution is 0.0734. The molecule has 1 N–H and O–H groups in total. The predicted molar refractivity (Wildman–Crippen MR) is 140 cm³/mol. The Morgan fingerprint density at radius 3 is 2.22 bits per heavy atom. The van der Waals surface area contributed by atoms with Gasteiger partial charge in [0.05, 0.1) is 16.8 Å². The Labute approximate surface area is 218 Å². The van der Waals surface area contributed by atoms with Crippen LogP contribution >= 0.6 is 23.2 Å². The molecule has 0 spiro atoms. The molecule has 1 amide bonds. The van der Waals surface area contributed by atoms with Crippen LogP contribution in [0.15, 0.2) is 102 Å². The minimum atomic E-state index is -0.596. The molecule has 0 aliphatic heterocycles. The molecule has 0 aromatic heterocycles. The van der Waals surface area contributed by atoms with Crippen molar-refractivity contribution in [2.45, 2.75) is 6.61 Å². The molecular weight excluding hydrogens is 499 g/mol. The van der Waals surface area contributed by atoms with Crippen LogP contribution in [-0.4, -0.2) is 18.1 Å². The number of amides is 1. The second-order valence-electron chi connectivity index (χ2n) is 7.58. The highest BCUT2D eigenvalue weighted by Crippen LogP contribution is 2.23. The van der Waals surface area contributed by atoms with Crippen molar-refractivity contribution in [2.24, 2.45) is 5.10 Å². The zero-order valence-corrected chi connectivity index (χ0v) is 20.4. The second-order valence-corrected chi connectivity index (χ2v) is 8.42. The van der Waals surface area contributed by atoms with E-state index in [4.69, 9.17) is 32.7 Å². The van der Waals surface area contributed by atoms with Crippen LogP contribution < -0.4 is 14.9 Å². The van der Waals surface area contributed by atoms with E-state index < -0.39 is 5.97 Å². The smallest absolute Gasteiger partial charge is 0.345 e. The number of halogens is 2. The fourth-order valence-corrected chi connectivity index (χ4v) is 3.60. The number of ether oxygens (including phenoxy) is 2. The average molecular weight is 519 g/mol. The maximum atomic E-state index is 12.3. The normalized spacial score (nSPS) is 10.7. The van der Waals surface area contributed by atoms with Gasteiger partial charge in [0.15, 0.2) is 0 Å². The number of hydrogen-bond donors (Lipinski definition) is 1. The van der Waals surface area contributed by atoms with Gasteiger partial charge in [-0.05, 0) is 77.9 Å². The lowest BCUT2D eigenvalue weighted by atomic mass is 10.2. The Morgan fingerprint density at radius 2 is 1.53 bits per heavy atom. The van der Waals surface area contributed by atoms with Crippen LogP contribution in [0.3, 0.4) is 0 Å². The van der Waals surface area contributed by atoms with Crippen LogP contribution in [0.5, 0.6) is 11.5 Å². The van der Waals surface area contributed by atoms with Crippen LogP contribution in [0, 0.1) is 0 Å². The number of nitrogens with zero attached hydrogens (tertiary/aromatic N) is 1.